The van der Waals surface area contributed by atoms with Gasteiger partial charge in [0.1, 0.15) is 5.75 Å². The molecule has 1 atom stereocenters. The molecule has 4 aromatic carbocycles. The zero-order chi connectivity index (χ0) is 22.6. The number of rotatable bonds is 6. The number of benzene rings is 4. The van der Waals surface area contributed by atoms with Gasteiger partial charge in [-0.1, -0.05) is 78.9 Å². The Hall–Kier alpha value is -4.24. The Bertz CT molecular complexity index is 1390. The highest BCUT2D eigenvalue weighted by atomic mass is 16.5. The van der Waals surface area contributed by atoms with E-state index < -0.39 is 5.92 Å². The molecule has 1 unspecified atom stereocenters. The predicted molar refractivity (Wildman–Crippen MR) is 132 cm³/mol. The van der Waals surface area contributed by atoms with Gasteiger partial charge in [0.2, 0.25) is 0 Å². The van der Waals surface area contributed by atoms with Gasteiger partial charge in [-0.25, -0.2) is 4.42 Å². The molecular weight excluding hydrogens is 408 g/mol. The van der Waals surface area contributed by atoms with Crippen LogP contribution in [-0.4, -0.2) is 12.9 Å². The Morgan fingerprint density at radius 2 is 1.39 bits per heavy atom. The summed E-state index contributed by atoms with van der Waals surface area (Å²) in [6.07, 6.45) is 0. The third-order valence-electron chi connectivity index (χ3n) is 5.83. The van der Waals surface area contributed by atoms with Crippen molar-refractivity contribution in [3.8, 4) is 17.1 Å². The maximum atomic E-state index is 13.9. The van der Waals surface area contributed by atoms with Crippen LogP contribution in [0.2, 0.25) is 0 Å². The van der Waals surface area contributed by atoms with Gasteiger partial charge in [-0.3, -0.25) is 4.79 Å². The molecule has 3 heteroatoms. The smallest absolute Gasteiger partial charge is 0.361 e. The molecule has 0 aliphatic carbocycles. The maximum Gasteiger partial charge on any atom is 0.361 e. The average molecular weight is 432 g/mol. The molecule has 0 aliphatic rings. The van der Waals surface area contributed by atoms with E-state index in [1.165, 1.54) is 0 Å². The maximum absolute atomic E-state index is 13.9. The molecule has 0 amide bonds. The first-order chi connectivity index (χ1) is 16.2. The Morgan fingerprint density at radius 3 is 2.06 bits per heavy atom. The summed E-state index contributed by atoms with van der Waals surface area (Å²) in [5.41, 5.74) is 4.14. The molecule has 1 heterocycles. The lowest BCUT2D eigenvalue weighted by atomic mass is 9.83. The number of hydrogen-bond donors (Lipinski definition) is 0. The summed E-state index contributed by atoms with van der Waals surface area (Å²) in [6, 6.07) is 37.0. The Kier molecular flexibility index (Phi) is 5.69. The van der Waals surface area contributed by atoms with E-state index >= 15 is 0 Å². The van der Waals surface area contributed by atoms with Crippen LogP contribution >= 0.6 is 0 Å². The van der Waals surface area contributed by atoms with Gasteiger partial charge >= 0.3 is 11.3 Å². The standard InChI is InChI=1S/C30H23O3/c1-32-24-17-18-27-25(19-24)26(20-28(33-27)21-11-5-2-6-12-21)29(22-13-7-3-8-14-22)30(31)23-15-9-4-10-16-23/h2-20,29H,1H3/q+1. The van der Waals surface area contributed by atoms with Gasteiger partial charge in [-0.15, -0.1) is 0 Å². The van der Waals surface area contributed by atoms with Crippen molar-refractivity contribution in [3.05, 3.63) is 132 Å². The monoisotopic (exact) mass is 431 g/mol. The normalized spacial score (nSPS) is 11.8. The molecule has 5 rings (SSSR count). The zero-order valence-electron chi connectivity index (χ0n) is 18.3. The largest absolute Gasteiger partial charge is 0.497 e. The quantitative estimate of drug-likeness (QED) is 0.208. The number of hydrogen-bond acceptors (Lipinski definition) is 2. The van der Waals surface area contributed by atoms with Gasteiger partial charge in [0.05, 0.1) is 24.0 Å². The third kappa shape index (κ3) is 4.13. The fourth-order valence-corrected chi connectivity index (χ4v) is 4.19. The van der Waals surface area contributed by atoms with Crippen LogP contribution in [0.5, 0.6) is 5.75 Å². The minimum atomic E-state index is -0.498. The molecular formula is C30H23O3+. The molecule has 0 saturated heterocycles. The van der Waals surface area contributed by atoms with Crippen LogP contribution in [0.15, 0.2) is 120 Å². The number of ether oxygens (including phenoxy) is 1. The molecule has 3 nitrogen and oxygen atoms in total. The summed E-state index contributed by atoms with van der Waals surface area (Å²) >= 11 is 0. The summed E-state index contributed by atoms with van der Waals surface area (Å²) in [7, 11) is 1.64. The summed E-state index contributed by atoms with van der Waals surface area (Å²) in [5.74, 6) is 0.966. The van der Waals surface area contributed by atoms with Crippen molar-refractivity contribution in [1.82, 2.24) is 0 Å². The summed E-state index contributed by atoms with van der Waals surface area (Å²) in [4.78, 5) is 13.9. The number of Topliss-reactive ketones (excluding diaryl/α,β-unsaturated/α-hetero) is 1. The minimum absolute atomic E-state index is 0.0381. The minimum Gasteiger partial charge on any atom is -0.497 e. The highest BCUT2D eigenvalue weighted by Gasteiger charge is 2.30. The number of carbonyl (C=O) groups is 1. The van der Waals surface area contributed by atoms with Crippen molar-refractivity contribution in [2.45, 2.75) is 5.92 Å². The van der Waals surface area contributed by atoms with E-state index in [0.717, 1.165) is 22.1 Å². The van der Waals surface area contributed by atoms with Crippen LogP contribution in [0.3, 0.4) is 0 Å². The second kappa shape index (κ2) is 9.09. The summed E-state index contributed by atoms with van der Waals surface area (Å²) in [5, 5.41) is 0.854. The van der Waals surface area contributed by atoms with Gasteiger partial charge < -0.3 is 4.74 Å². The summed E-state index contributed by atoms with van der Waals surface area (Å²) < 4.78 is 11.8. The van der Waals surface area contributed by atoms with Gasteiger partial charge in [0, 0.05) is 17.7 Å². The number of methoxy groups -OCH3 is 1. The second-order valence-corrected chi connectivity index (χ2v) is 7.87. The Labute approximate surface area is 192 Å². The predicted octanol–water partition coefficient (Wildman–Crippen LogP) is 7.40. The fraction of sp³-hybridized carbons (Fsp3) is 0.0667. The number of ketones is 1. The molecule has 160 valence electrons. The van der Waals surface area contributed by atoms with Crippen LogP contribution in [0.4, 0.5) is 0 Å². The van der Waals surface area contributed by atoms with Gasteiger partial charge in [-0.05, 0) is 35.4 Å². The average Bonchev–Trinajstić information content (AvgIpc) is 2.90. The van der Waals surface area contributed by atoms with Gasteiger partial charge in [-0.2, -0.15) is 0 Å². The van der Waals surface area contributed by atoms with Crippen molar-refractivity contribution in [1.29, 1.82) is 0 Å². The van der Waals surface area contributed by atoms with E-state index in [1.54, 1.807) is 7.11 Å². The van der Waals surface area contributed by atoms with Crippen molar-refractivity contribution < 1.29 is 13.9 Å². The van der Waals surface area contributed by atoms with Crippen molar-refractivity contribution >= 4 is 16.8 Å². The molecule has 0 saturated carbocycles. The van der Waals surface area contributed by atoms with Crippen LogP contribution in [-0.2, 0) is 0 Å². The molecule has 5 aromatic rings. The van der Waals surface area contributed by atoms with E-state index in [4.69, 9.17) is 9.15 Å². The van der Waals surface area contributed by atoms with Crippen LogP contribution in [0.25, 0.3) is 22.3 Å². The summed E-state index contributed by atoms with van der Waals surface area (Å²) in [6.45, 7) is 0. The Morgan fingerprint density at radius 1 is 0.758 bits per heavy atom. The molecule has 0 aliphatic heterocycles. The third-order valence-corrected chi connectivity index (χ3v) is 5.83. The van der Waals surface area contributed by atoms with Gasteiger partial charge in [0.25, 0.3) is 0 Å². The first kappa shape index (κ1) is 20.7. The first-order valence-electron chi connectivity index (χ1n) is 10.9. The molecule has 0 radical (unpaired) electrons. The molecule has 0 spiro atoms. The highest BCUT2D eigenvalue weighted by molar-refractivity contribution is 6.05. The lowest BCUT2D eigenvalue weighted by molar-refractivity contribution is 0.0974. The van der Waals surface area contributed by atoms with Crippen LogP contribution in [0.1, 0.15) is 27.4 Å². The van der Waals surface area contributed by atoms with Crippen molar-refractivity contribution in [2.75, 3.05) is 7.11 Å². The highest BCUT2D eigenvalue weighted by Crippen LogP contribution is 2.38. The molecule has 33 heavy (non-hydrogen) atoms. The molecule has 0 N–H and O–H groups in total. The van der Waals surface area contributed by atoms with Crippen molar-refractivity contribution in [3.63, 3.8) is 0 Å². The van der Waals surface area contributed by atoms with E-state index in [-0.39, 0.29) is 5.78 Å². The second-order valence-electron chi connectivity index (χ2n) is 7.87. The SMILES string of the molecule is COc1ccc2[o+]c(-c3ccccc3)cc(C(C(=O)c3ccccc3)c3ccccc3)c2c1. The molecule has 0 fully saturated rings. The number of fused-ring (bicyclic) bond motifs is 1. The number of carbonyl (C=O) groups excluding carboxylic acids is 1. The van der Waals surface area contributed by atoms with E-state index in [2.05, 4.69) is 0 Å². The fourth-order valence-electron chi connectivity index (χ4n) is 4.19. The van der Waals surface area contributed by atoms with Crippen LogP contribution < -0.4 is 4.74 Å². The van der Waals surface area contributed by atoms with E-state index in [1.807, 2.05) is 115 Å². The lowest BCUT2D eigenvalue weighted by Crippen LogP contribution is -2.15. The van der Waals surface area contributed by atoms with E-state index in [9.17, 15) is 4.79 Å². The van der Waals surface area contributed by atoms with E-state index in [0.29, 0.717) is 22.7 Å². The van der Waals surface area contributed by atoms with Gasteiger partial charge in [0.15, 0.2) is 5.78 Å². The van der Waals surface area contributed by atoms with Crippen LogP contribution in [0, 0.1) is 0 Å². The molecule has 0 bridgehead atoms. The lowest BCUT2D eigenvalue weighted by Gasteiger charge is -2.18. The Balaban J connectivity index is 1.80. The molecule has 1 aromatic heterocycles. The van der Waals surface area contributed by atoms with Crippen molar-refractivity contribution in [2.24, 2.45) is 0 Å². The zero-order valence-corrected chi connectivity index (χ0v) is 18.3. The first-order valence-corrected chi connectivity index (χ1v) is 10.9. The topological polar surface area (TPSA) is 37.6 Å².